The fourth-order valence-electron chi connectivity index (χ4n) is 5.04. The van der Waals surface area contributed by atoms with Crippen molar-refractivity contribution >= 4 is 46.9 Å². The van der Waals surface area contributed by atoms with E-state index < -0.39 is 17.1 Å². The molecule has 0 fully saturated rings. The maximum atomic E-state index is 13.6. The van der Waals surface area contributed by atoms with Gasteiger partial charge in [0.05, 0.1) is 6.61 Å². The third-order valence-corrected chi connectivity index (χ3v) is 8.49. The number of hydrogen-bond donors (Lipinski definition) is 3. The normalized spacial score (nSPS) is 11.7. The Labute approximate surface area is 285 Å². The van der Waals surface area contributed by atoms with E-state index in [1.54, 1.807) is 42.5 Å². The number of anilines is 2. The van der Waals surface area contributed by atoms with Crippen molar-refractivity contribution in [2.24, 2.45) is 0 Å². The lowest BCUT2D eigenvalue weighted by molar-refractivity contribution is -0.116. The third kappa shape index (κ3) is 9.47. The van der Waals surface area contributed by atoms with E-state index in [9.17, 15) is 14.4 Å². The summed E-state index contributed by atoms with van der Waals surface area (Å²) in [7, 11) is 0. The maximum absolute atomic E-state index is 13.6. The molecule has 242 valence electrons. The summed E-state index contributed by atoms with van der Waals surface area (Å²) in [4.78, 5) is 41.0. The van der Waals surface area contributed by atoms with Gasteiger partial charge in [-0.15, -0.1) is 11.8 Å². The van der Waals surface area contributed by atoms with Gasteiger partial charge in [-0.2, -0.15) is 0 Å². The van der Waals surface area contributed by atoms with E-state index in [1.807, 2.05) is 106 Å². The van der Waals surface area contributed by atoms with E-state index in [-0.39, 0.29) is 11.6 Å². The molecule has 7 nitrogen and oxygen atoms in total. The lowest BCUT2D eigenvalue weighted by Gasteiger charge is -2.18. The third-order valence-electron chi connectivity index (χ3n) is 7.23. The molecule has 1 atom stereocenters. The van der Waals surface area contributed by atoms with E-state index in [0.717, 1.165) is 32.8 Å². The van der Waals surface area contributed by atoms with Crippen LogP contribution < -0.4 is 20.7 Å². The first-order chi connectivity index (χ1) is 23.3. The highest BCUT2D eigenvalue weighted by molar-refractivity contribution is 8.00. The molecule has 0 aliphatic heterocycles. The van der Waals surface area contributed by atoms with Crippen molar-refractivity contribution in [3.8, 4) is 5.75 Å². The molecule has 0 radical (unpaired) electrons. The molecule has 5 aromatic carbocycles. The average molecular weight is 656 g/mol. The maximum Gasteiger partial charge on any atom is 0.272 e. The fourth-order valence-corrected chi connectivity index (χ4v) is 6.07. The van der Waals surface area contributed by atoms with Crippen molar-refractivity contribution in [3.63, 3.8) is 0 Å². The Morgan fingerprint density at radius 2 is 1.35 bits per heavy atom. The van der Waals surface area contributed by atoms with Gasteiger partial charge in [-0.1, -0.05) is 66.7 Å². The standard InChI is InChI=1S/C40H37N3O4S/c1-4-47-34-19-15-29(16-20-34)26-36(43-38(44)31-13-9-6-10-14-31)39(45)41-32-17-21-35(22-18-32)48-37(30-11-7-5-8-12-30)40(46)42-33-24-27(2)23-28(3)25-33/h5-26,37H,4H2,1-3H3,(H,41,45)(H,42,46)(H,43,44)/b36-26-. The van der Waals surface area contributed by atoms with Gasteiger partial charge in [0, 0.05) is 21.8 Å². The van der Waals surface area contributed by atoms with Crippen molar-refractivity contribution in [2.75, 3.05) is 17.2 Å². The average Bonchev–Trinajstić information content (AvgIpc) is 3.08. The van der Waals surface area contributed by atoms with Crippen LogP contribution >= 0.6 is 11.8 Å². The van der Waals surface area contributed by atoms with Gasteiger partial charge in [0.15, 0.2) is 0 Å². The molecule has 0 bridgehead atoms. The largest absolute Gasteiger partial charge is 0.494 e. The van der Waals surface area contributed by atoms with Crippen molar-refractivity contribution in [2.45, 2.75) is 30.9 Å². The smallest absolute Gasteiger partial charge is 0.272 e. The molecule has 3 amide bonds. The number of nitrogens with one attached hydrogen (secondary N) is 3. The molecular formula is C40H37N3O4S. The lowest BCUT2D eigenvalue weighted by Crippen LogP contribution is -2.30. The first-order valence-corrected chi connectivity index (χ1v) is 16.5. The van der Waals surface area contributed by atoms with Crippen LogP contribution in [0.25, 0.3) is 6.08 Å². The van der Waals surface area contributed by atoms with E-state index in [1.165, 1.54) is 11.8 Å². The van der Waals surface area contributed by atoms with Gasteiger partial charge in [-0.25, -0.2) is 0 Å². The number of hydrogen-bond acceptors (Lipinski definition) is 5. The van der Waals surface area contributed by atoms with Gasteiger partial charge in [-0.05, 0) is 110 Å². The highest BCUT2D eigenvalue weighted by Gasteiger charge is 2.23. The van der Waals surface area contributed by atoms with Gasteiger partial charge < -0.3 is 20.7 Å². The summed E-state index contributed by atoms with van der Waals surface area (Å²) in [5, 5.41) is 8.24. The van der Waals surface area contributed by atoms with Gasteiger partial charge in [0.2, 0.25) is 5.91 Å². The lowest BCUT2D eigenvalue weighted by atomic mass is 10.1. The first kappa shape index (κ1) is 33.8. The van der Waals surface area contributed by atoms with Gasteiger partial charge >= 0.3 is 0 Å². The van der Waals surface area contributed by atoms with Crippen LogP contribution in [0, 0.1) is 13.8 Å². The van der Waals surface area contributed by atoms with E-state index in [0.29, 0.717) is 23.6 Å². The molecule has 0 saturated carbocycles. The number of rotatable bonds is 12. The molecule has 0 aromatic heterocycles. The fraction of sp³-hybridized carbons (Fsp3) is 0.125. The summed E-state index contributed by atoms with van der Waals surface area (Å²) in [5.74, 6) is -0.305. The quantitative estimate of drug-likeness (QED) is 0.0924. The van der Waals surface area contributed by atoms with Crippen molar-refractivity contribution < 1.29 is 19.1 Å². The Kier molecular flexibility index (Phi) is 11.5. The summed E-state index contributed by atoms with van der Waals surface area (Å²) < 4.78 is 5.53. The molecule has 1 unspecified atom stereocenters. The minimum absolute atomic E-state index is 0.0821. The van der Waals surface area contributed by atoms with Crippen molar-refractivity contribution in [1.82, 2.24) is 5.32 Å². The van der Waals surface area contributed by atoms with E-state index in [2.05, 4.69) is 22.0 Å². The van der Waals surface area contributed by atoms with Crippen LogP contribution in [0.2, 0.25) is 0 Å². The number of aryl methyl sites for hydroxylation is 2. The molecule has 0 aliphatic rings. The van der Waals surface area contributed by atoms with E-state index in [4.69, 9.17) is 4.74 Å². The Bertz CT molecular complexity index is 1870. The summed E-state index contributed by atoms with van der Waals surface area (Å²) in [6.45, 7) is 6.46. The Morgan fingerprint density at radius 3 is 1.98 bits per heavy atom. The van der Waals surface area contributed by atoms with E-state index >= 15 is 0 Å². The van der Waals surface area contributed by atoms with Crippen molar-refractivity contribution in [1.29, 1.82) is 0 Å². The molecule has 48 heavy (non-hydrogen) atoms. The summed E-state index contributed by atoms with van der Waals surface area (Å²) >= 11 is 1.42. The topological polar surface area (TPSA) is 96.5 Å². The molecule has 3 N–H and O–H groups in total. The van der Waals surface area contributed by atoms with Crippen LogP contribution in [0.4, 0.5) is 11.4 Å². The Balaban J connectivity index is 1.33. The van der Waals surface area contributed by atoms with Gasteiger partial charge in [-0.3, -0.25) is 14.4 Å². The number of ether oxygens (including phenoxy) is 1. The zero-order chi connectivity index (χ0) is 33.9. The second-order valence-corrected chi connectivity index (χ2v) is 12.3. The molecule has 8 heteroatoms. The monoisotopic (exact) mass is 655 g/mol. The number of benzene rings is 5. The number of carbonyl (C=O) groups is 3. The second-order valence-electron chi connectivity index (χ2n) is 11.1. The van der Waals surface area contributed by atoms with Gasteiger partial charge in [0.1, 0.15) is 16.7 Å². The van der Waals surface area contributed by atoms with Gasteiger partial charge in [0.25, 0.3) is 11.8 Å². The van der Waals surface area contributed by atoms with Crippen LogP contribution in [0.1, 0.15) is 44.8 Å². The number of carbonyl (C=O) groups excluding carboxylic acids is 3. The molecule has 0 aliphatic carbocycles. The highest BCUT2D eigenvalue weighted by Crippen LogP contribution is 2.37. The van der Waals surface area contributed by atoms with Crippen LogP contribution in [0.15, 0.2) is 138 Å². The minimum Gasteiger partial charge on any atom is -0.494 e. The van der Waals surface area contributed by atoms with Crippen LogP contribution in [-0.2, 0) is 9.59 Å². The molecule has 5 aromatic rings. The predicted octanol–water partition coefficient (Wildman–Crippen LogP) is 8.58. The minimum atomic E-state index is -0.510. The summed E-state index contributed by atoms with van der Waals surface area (Å²) in [6.07, 6.45) is 1.62. The first-order valence-electron chi connectivity index (χ1n) is 15.6. The van der Waals surface area contributed by atoms with Crippen molar-refractivity contribution in [3.05, 3.63) is 161 Å². The molecule has 0 saturated heterocycles. The Morgan fingerprint density at radius 1 is 0.729 bits per heavy atom. The van der Waals surface area contributed by atoms with Crippen LogP contribution in [-0.4, -0.2) is 24.3 Å². The van der Waals surface area contributed by atoms with Crippen LogP contribution in [0.3, 0.4) is 0 Å². The molecule has 5 rings (SSSR count). The number of thioether (sulfide) groups is 1. The molecular weight excluding hydrogens is 619 g/mol. The SMILES string of the molecule is CCOc1ccc(/C=C(\NC(=O)c2ccccc2)C(=O)Nc2ccc(SC(C(=O)Nc3cc(C)cc(C)c3)c3ccccc3)cc2)cc1. The second kappa shape index (κ2) is 16.3. The number of amides is 3. The zero-order valence-corrected chi connectivity index (χ0v) is 27.8. The summed E-state index contributed by atoms with van der Waals surface area (Å²) in [6, 6.07) is 38.9. The highest BCUT2D eigenvalue weighted by atomic mass is 32.2. The van der Waals surface area contributed by atoms with Crippen LogP contribution in [0.5, 0.6) is 5.75 Å². The molecule has 0 spiro atoms. The Hall–Kier alpha value is -5.60. The predicted molar refractivity (Wildman–Crippen MR) is 194 cm³/mol. The zero-order valence-electron chi connectivity index (χ0n) is 27.0. The summed E-state index contributed by atoms with van der Waals surface area (Å²) in [5.41, 5.74) is 5.54. The molecule has 0 heterocycles.